The summed E-state index contributed by atoms with van der Waals surface area (Å²) in [6, 6.07) is 5.93. The van der Waals surface area contributed by atoms with Crippen LogP contribution in [0.25, 0.3) is 0 Å². The Morgan fingerprint density at radius 2 is 2.09 bits per heavy atom. The van der Waals surface area contributed by atoms with E-state index in [0.717, 1.165) is 19.1 Å². The number of β-amino-alcohol motifs (C(OH)–C–C–N with tert-alkyl or cyclic N) is 1. The van der Waals surface area contributed by atoms with Crippen LogP contribution in [0.1, 0.15) is 12.8 Å². The fourth-order valence-electron chi connectivity index (χ4n) is 2.36. The molecule has 1 aliphatic heterocycles. The summed E-state index contributed by atoms with van der Waals surface area (Å²) in [7, 11) is -3.21. The number of carbonyl (C=O) groups excluding carboxylic acids is 1. The SMILES string of the molecule is CS(=O)(=O)c1ccc(OCCNC(=O)N2CCC[C@H](O)C2)cc1. The second-order valence-electron chi connectivity index (χ2n) is 5.57. The van der Waals surface area contributed by atoms with Crippen LogP contribution in [0.15, 0.2) is 29.2 Å². The first-order valence-corrected chi connectivity index (χ1v) is 9.39. The van der Waals surface area contributed by atoms with E-state index >= 15 is 0 Å². The third-order valence-electron chi connectivity index (χ3n) is 3.58. The van der Waals surface area contributed by atoms with Gasteiger partial charge in [-0.25, -0.2) is 13.2 Å². The lowest BCUT2D eigenvalue weighted by atomic mass is 10.1. The maximum absolute atomic E-state index is 11.9. The van der Waals surface area contributed by atoms with E-state index in [-0.39, 0.29) is 17.5 Å². The number of ether oxygens (including phenoxy) is 1. The maximum Gasteiger partial charge on any atom is 0.317 e. The number of urea groups is 1. The maximum atomic E-state index is 11.9. The van der Waals surface area contributed by atoms with Gasteiger partial charge in [0.2, 0.25) is 0 Å². The van der Waals surface area contributed by atoms with Crippen LogP contribution in [0.4, 0.5) is 4.79 Å². The lowest BCUT2D eigenvalue weighted by molar-refractivity contribution is 0.0840. The number of hydrogen-bond acceptors (Lipinski definition) is 5. The van der Waals surface area contributed by atoms with Crippen molar-refractivity contribution in [1.29, 1.82) is 0 Å². The Hall–Kier alpha value is -1.80. The van der Waals surface area contributed by atoms with Crippen LogP contribution in [-0.4, -0.2) is 63.1 Å². The van der Waals surface area contributed by atoms with Crippen molar-refractivity contribution in [3.05, 3.63) is 24.3 Å². The van der Waals surface area contributed by atoms with Crippen LogP contribution < -0.4 is 10.1 Å². The number of nitrogens with zero attached hydrogens (tertiary/aromatic N) is 1. The van der Waals surface area contributed by atoms with Crippen LogP contribution in [0.3, 0.4) is 0 Å². The molecule has 1 aliphatic rings. The minimum Gasteiger partial charge on any atom is -0.492 e. The van der Waals surface area contributed by atoms with Gasteiger partial charge in [-0.3, -0.25) is 0 Å². The van der Waals surface area contributed by atoms with Crippen LogP contribution in [0.5, 0.6) is 5.75 Å². The highest BCUT2D eigenvalue weighted by atomic mass is 32.2. The molecule has 2 rings (SSSR count). The fourth-order valence-corrected chi connectivity index (χ4v) is 2.99. The monoisotopic (exact) mass is 342 g/mol. The molecular weight excluding hydrogens is 320 g/mol. The molecule has 0 unspecified atom stereocenters. The summed E-state index contributed by atoms with van der Waals surface area (Å²) >= 11 is 0. The van der Waals surface area contributed by atoms with E-state index in [1.807, 2.05) is 0 Å². The van der Waals surface area contributed by atoms with E-state index in [2.05, 4.69) is 5.32 Å². The predicted molar refractivity (Wildman–Crippen MR) is 85.3 cm³/mol. The molecule has 2 amide bonds. The minimum absolute atomic E-state index is 0.209. The van der Waals surface area contributed by atoms with Gasteiger partial charge in [-0.15, -0.1) is 0 Å². The average Bonchev–Trinajstić information content (AvgIpc) is 2.51. The third-order valence-corrected chi connectivity index (χ3v) is 4.71. The fraction of sp³-hybridized carbons (Fsp3) is 0.533. The van der Waals surface area contributed by atoms with Gasteiger partial charge < -0.3 is 20.1 Å². The second kappa shape index (κ2) is 7.65. The van der Waals surface area contributed by atoms with E-state index in [4.69, 9.17) is 4.74 Å². The molecule has 0 radical (unpaired) electrons. The van der Waals surface area contributed by atoms with Crippen LogP contribution >= 0.6 is 0 Å². The number of likely N-dealkylation sites (tertiary alicyclic amines) is 1. The first-order valence-electron chi connectivity index (χ1n) is 7.50. The molecule has 1 atom stereocenters. The Bertz CT molecular complexity index is 630. The molecule has 7 nitrogen and oxygen atoms in total. The highest BCUT2D eigenvalue weighted by molar-refractivity contribution is 7.90. The number of piperidine rings is 1. The van der Waals surface area contributed by atoms with Crippen molar-refractivity contribution in [1.82, 2.24) is 10.2 Å². The number of hydrogen-bond donors (Lipinski definition) is 2. The summed E-state index contributed by atoms with van der Waals surface area (Å²) in [5, 5.41) is 12.3. The third kappa shape index (κ3) is 5.40. The van der Waals surface area contributed by atoms with Gasteiger partial charge in [0, 0.05) is 19.3 Å². The topological polar surface area (TPSA) is 95.9 Å². The summed E-state index contributed by atoms with van der Waals surface area (Å²) in [5.74, 6) is 0.542. The number of amides is 2. The van der Waals surface area contributed by atoms with Crippen molar-refractivity contribution in [2.45, 2.75) is 23.8 Å². The van der Waals surface area contributed by atoms with Crippen LogP contribution in [0.2, 0.25) is 0 Å². The Labute approximate surface area is 136 Å². The number of aliphatic hydroxyl groups excluding tert-OH is 1. The van der Waals surface area contributed by atoms with Gasteiger partial charge in [0.15, 0.2) is 9.84 Å². The molecule has 128 valence electrons. The van der Waals surface area contributed by atoms with Crippen molar-refractivity contribution in [3.8, 4) is 5.75 Å². The molecule has 1 fully saturated rings. The number of carbonyl (C=O) groups is 1. The van der Waals surface area contributed by atoms with E-state index in [1.54, 1.807) is 17.0 Å². The zero-order valence-corrected chi connectivity index (χ0v) is 13.9. The summed E-state index contributed by atoms with van der Waals surface area (Å²) in [5.41, 5.74) is 0. The number of benzene rings is 1. The lowest BCUT2D eigenvalue weighted by Crippen LogP contribution is -2.47. The molecule has 0 aliphatic carbocycles. The van der Waals surface area contributed by atoms with Crippen molar-refractivity contribution in [2.24, 2.45) is 0 Å². The Morgan fingerprint density at radius 3 is 2.70 bits per heavy atom. The van der Waals surface area contributed by atoms with Crippen molar-refractivity contribution >= 4 is 15.9 Å². The van der Waals surface area contributed by atoms with Crippen molar-refractivity contribution in [2.75, 3.05) is 32.5 Å². The number of aliphatic hydroxyl groups is 1. The second-order valence-corrected chi connectivity index (χ2v) is 7.58. The molecule has 0 spiro atoms. The average molecular weight is 342 g/mol. The summed E-state index contributed by atoms with van der Waals surface area (Å²) in [6.07, 6.45) is 2.24. The molecule has 0 aromatic heterocycles. The van der Waals surface area contributed by atoms with Gasteiger partial charge in [0.25, 0.3) is 0 Å². The molecule has 1 heterocycles. The highest BCUT2D eigenvalue weighted by Crippen LogP contribution is 2.15. The quantitative estimate of drug-likeness (QED) is 0.766. The number of rotatable bonds is 5. The molecule has 1 aromatic carbocycles. The van der Waals surface area contributed by atoms with Gasteiger partial charge in [0.1, 0.15) is 12.4 Å². The molecule has 23 heavy (non-hydrogen) atoms. The molecular formula is C15H22N2O5S. The van der Waals surface area contributed by atoms with E-state index in [1.165, 1.54) is 12.1 Å². The Kier molecular flexibility index (Phi) is 5.84. The molecule has 1 saturated heterocycles. The van der Waals surface area contributed by atoms with Gasteiger partial charge >= 0.3 is 6.03 Å². The summed E-state index contributed by atoms with van der Waals surface area (Å²) < 4.78 is 28.1. The molecule has 8 heteroatoms. The van der Waals surface area contributed by atoms with Gasteiger partial charge in [0.05, 0.1) is 17.5 Å². The van der Waals surface area contributed by atoms with E-state index in [0.29, 0.717) is 25.4 Å². The van der Waals surface area contributed by atoms with Crippen molar-refractivity contribution in [3.63, 3.8) is 0 Å². The summed E-state index contributed by atoms with van der Waals surface area (Å²) in [4.78, 5) is 13.7. The molecule has 2 N–H and O–H groups in total. The van der Waals surface area contributed by atoms with Gasteiger partial charge in [-0.1, -0.05) is 0 Å². The number of sulfone groups is 1. The Balaban J connectivity index is 1.72. The van der Waals surface area contributed by atoms with Crippen LogP contribution in [0, 0.1) is 0 Å². The normalized spacial score (nSPS) is 18.5. The number of nitrogens with one attached hydrogen (secondary N) is 1. The largest absolute Gasteiger partial charge is 0.492 e. The minimum atomic E-state index is -3.21. The summed E-state index contributed by atoms with van der Waals surface area (Å²) in [6.45, 7) is 1.62. The van der Waals surface area contributed by atoms with Crippen LogP contribution in [-0.2, 0) is 9.84 Å². The van der Waals surface area contributed by atoms with Gasteiger partial charge in [-0.05, 0) is 37.1 Å². The standard InChI is InChI=1S/C15H22N2O5S/c1-23(20,21)14-6-4-13(5-7-14)22-10-8-16-15(19)17-9-2-3-12(18)11-17/h4-7,12,18H,2-3,8-11H2,1H3,(H,16,19)/t12-/m0/s1. The molecule has 0 saturated carbocycles. The lowest BCUT2D eigenvalue weighted by Gasteiger charge is -2.30. The predicted octanol–water partition coefficient (Wildman–Crippen LogP) is 0.635. The highest BCUT2D eigenvalue weighted by Gasteiger charge is 2.21. The van der Waals surface area contributed by atoms with E-state index in [9.17, 15) is 18.3 Å². The molecule has 1 aromatic rings. The zero-order valence-electron chi connectivity index (χ0n) is 13.1. The zero-order chi connectivity index (χ0) is 16.9. The molecule has 0 bridgehead atoms. The first kappa shape index (κ1) is 17.6. The first-order chi connectivity index (χ1) is 10.9. The van der Waals surface area contributed by atoms with E-state index < -0.39 is 15.9 Å². The smallest absolute Gasteiger partial charge is 0.317 e. The Morgan fingerprint density at radius 1 is 1.39 bits per heavy atom. The van der Waals surface area contributed by atoms with Crippen molar-refractivity contribution < 1.29 is 23.1 Å². The van der Waals surface area contributed by atoms with Gasteiger partial charge in [-0.2, -0.15) is 0 Å².